The molecule has 0 bridgehead atoms. The van der Waals surface area contributed by atoms with Crippen molar-refractivity contribution in [2.45, 2.75) is 50.2 Å². The van der Waals surface area contributed by atoms with E-state index in [9.17, 15) is 0 Å². The van der Waals surface area contributed by atoms with Gasteiger partial charge in [0.1, 0.15) is 5.75 Å². The van der Waals surface area contributed by atoms with Gasteiger partial charge in [0.05, 0.1) is 12.7 Å². The molecule has 4 heteroatoms. The minimum Gasteiger partial charge on any atom is -0.493 e. The fourth-order valence-electron chi connectivity index (χ4n) is 3.43. The summed E-state index contributed by atoms with van der Waals surface area (Å²) in [5.74, 6) is 7.27. The standard InChI is InChI=1S/C16H24N2O2/c17-18-15(8-7-12-4-3-10-19-12)13-9-11-20-16-6-2-1-5-14(13)16/h1-2,5-6,12-13,15,18H,3-4,7-11,17H2. The van der Waals surface area contributed by atoms with E-state index < -0.39 is 0 Å². The van der Waals surface area contributed by atoms with E-state index in [1.54, 1.807) is 0 Å². The number of hydrogen-bond acceptors (Lipinski definition) is 4. The van der Waals surface area contributed by atoms with E-state index in [-0.39, 0.29) is 0 Å². The zero-order valence-electron chi connectivity index (χ0n) is 11.9. The predicted molar refractivity (Wildman–Crippen MR) is 78.6 cm³/mol. The Morgan fingerprint density at radius 3 is 2.95 bits per heavy atom. The van der Waals surface area contributed by atoms with Crippen LogP contribution in [0.4, 0.5) is 0 Å². The summed E-state index contributed by atoms with van der Waals surface area (Å²) in [5.41, 5.74) is 4.31. The van der Waals surface area contributed by atoms with Crippen molar-refractivity contribution in [1.82, 2.24) is 5.43 Å². The Labute approximate surface area is 120 Å². The second-order valence-electron chi connectivity index (χ2n) is 5.77. The number of hydrazine groups is 1. The number of benzene rings is 1. The summed E-state index contributed by atoms with van der Waals surface area (Å²) in [5, 5.41) is 0. The molecule has 0 aromatic heterocycles. The first-order chi connectivity index (χ1) is 9.88. The number of ether oxygens (including phenoxy) is 2. The molecular formula is C16H24N2O2. The lowest BCUT2D eigenvalue weighted by atomic mass is 9.84. The second-order valence-corrected chi connectivity index (χ2v) is 5.77. The summed E-state index contributed by atoms with van der Waals surface area (Å²) < 4.78 is 11.4. The highest BCUT2D eigenvalue weighted by molar-refractivity contribution is 5.38. The molecule has 110 valence electrons. The maximum Gasteiger partial charge on any atom is 0.122 e. The van der Waals surface area contributed by atoms with E-state index >= 15 is 0 Å². The Morgan fingerprint density at radius 2 is 2.15 bits per heavy atom. The van der Waals surface area contributed by atoms with Crippen molar-refractivity contribution in [2.24, 2.45) is 5.84 Å². The molecule has 1 fully saturated rings. The third kappa shape index (κ3) is 2.97. The highest BCUT2D eigenvalue weighted by Gasteiger charge is 2.29. The topological polar surface area (TPSA) is 56.5 Å². The summed E-state index contributed by atoms with van der Waals surface area (Å²) in [6.45, 7) is 1.70. The molecule has 4 nitrogen and oxygen atoms in total. The molecule has 3 atom stereocenters. The summed E-state index contributed by atoms with van der Waals surface area (Å²) in [7, 11) is 0. The lowest BCUT2D eigenvalue weighted by molar-refractivity contribution is 0.0976. The van der Waals surface area contributed by atoms with E-state index in [0.29, 0.717) is 18.1 Å². The van der Waals surface area contributed by atoms with Crippen LogP contribution in [0.2, 0.25) is 0 Å². The van der Waals surface area contributed by atoms with Gasteiger partial charge < -0.3 is 9.47 Å². The van der Waals surface area contributed by atoms with Gasteiger partial charge >= 0.3 is 0 Å². The van der Waals surface area contributed by atoms with Gasteiger partial charge in [-0.25, -0.2) is 0 Å². The number of rotatable bonds is 5. The SMILES string of the molecule is NNC(CCC1CCCO1)C1CCOc2ccccc21. The van der Waals surface area contributed by atoms with Gasteiger partial charge in [0.2, 0.25) is 0 Å². The van der Waals surface area contributed by atoms with Crippen LogP contribution in [-0.4, -0.2) is 25.4 Å². The second kappa shape index (κ2) is 6.57. The molecule has 2 aliphatic rings. The quantitative estimate of drug-likeness (QED) is 0.640. The zero-order valence-corrected chi connectivity index (χ0v) is 11.9. The Balaban J connectivity index is 1.66. The van der Waals surface area contributed by atoms with Crippen LogP contribution < -0.4 is 16.0 Å². The van der Waals surface area contributed by atoms with Crippen molar-refractivity contribution >= 4 is 0 Å². The Morgan fingerprint density at radius 1 is 1.25 bits per heavy atom. The molecule has 1 aromatic rings. The van der Waals surface area contributed by atoms with Crippen molar-refractivity contribution < 1.29 is 9.47 Å². The van der Waals surface area contributed by atoms with E-state index in [0.717, 1.165) is 38.2 Å². The van der Waals surface area contributed by atoms with E-state index in [1.807, 2.05) is 6.07 Å². The summed E-state index contributed by atoms with van der Waals surface area (Å²) in [6, 6.07) is 8.61. The van der Waals surface area contributed by atoms with Gasteiger partial charge in [0, 0.05) is 18.6 Å². The maximum atomic E-state index is 5.81. The first kappa shape index (κ1) is 13.9. The average molecular weight is 276 g/mol. The number of nitrogens with one attached hydrogen (secondary N) is 1. The average Bonchev–Trinajstić information content (AvgIpc) is 3.01. The molecule has 0 amide bonds. The predicted octanol–water partition coefficient (Wildman–Crippen LogP) is 2.34. The van der Waals surface area contributed by atoms with Crippen LogP contribution in [-0.2, 0) is 4.74 Å². The van der Waals surface area contributed by atoms with Crippen LogP contribution in [0, 0.1) is 0 Å². The van der Waals surface area contributed by atoms with Crippen molar-refractivity contribution in [2.75, 3.05) is 13.2 Å². The van der Waals surface area contributed by atoms with Crippen molar-refractivity contribution in [3.63, 3.8) is 0 Å². The molecule has 3 unspecified atom stereocenters. The first-order valence-electron chi connectivity index (χ1n) is 7.68. The normalized spacial score (nSPS) is 26.9. The van der Waals surface area contributed by atoms with Gasteiger partial charge in [0.15, 0.2) is 0 Å². The molecule has 2 heterocycles. The summed E-state index contributed by atoms with van der Waals surface area (Å²) in [4.78, 5) is 0. The van der Waals surface area contributed by atoms with Crippen LogP contribution in [0.15, 0.2) is 24.3 Å². The van der Waals surface area contributed by atoms with Crippen LogP contribution in [0.1, 0.15) is 43.6 Å². The fourth-order valence-corrected chi connectivity index (χ4v) is 3.43. The van der Waals surface area contributed by atoms with Crippen LogP contribution in [0.5, 0.6) is 5.75 Å². The van der Waals surface area contributed by atoms with E-state index in [4.69, 9.17) is 15.3 Å². The molecule has 1 saturated heterocycles. The van der Waals surface area contributed by atoms with E-state index in [1.165, 1.54) is 18.4 Å². The summed E-state index contributed by atoms with van der Waals surface area (Å²) >= 11 is 0. The number of fused-ring (bicyclic) bond motifs is 1. The van der Waals surface area contributed by atoms with Crippen molar-refractivity contribution in [3.8, 4) is 5.75 Å². The van der Waals surface area contributed by atoms with Gasteiger partial charge in [-0.3, -0.25) is 11.3 Å². The fraction of sp³-hybridized carbons (Fsp3) is 0.625. The molecule has 2 aliphatic heterocycles. The molecular weight excluding hydrogens is 252 g/mol. The molecule has 0 aliphatic carbocycles. The smallest absolute Gasteiger partial charge is 0.122 e. The highest BCUT2D eigenvalue weighted by atomic mass is 16.5. The van der Waals surface area contributed by atoms with Crippen LogP contribution in [0.25, 0.3) is 0 Å². The molecule has 3 rings (SSSR count). The third-order valence-electron chi connectivity index (χ3n) is 4.53. The number of para-hydroxylation sites is 1. The van der Waals surface area contributed by atoms with Crippen molar-refractivity contribution in [1.29, 1.82) is 0 Å². The van der Waals surface area contributed by atoms with Gasteiger partial charge in [-0.2, -0.15) is 0 Å². The molecule has 20 heavy (non-hydrogen) atoms. The van der Waals surface area contributed by atoms with Crippen LogP contribution >= 0.6 is 0 Å². The van der Waals surface area contributed by atoms with Gasteiger partial charge in [-0.05, 0) is 43.7 Å². The monoisotopic (exact) mass is 276 g/mol. The highest BCUT2D eigenvalue weighted by Crippen LogP contribution is 2.36. The molecule has 3 N–H and O–H groups in total. The largest absolute Gasteiger partial charge is 0.493 e. The van der Waals surface area contributed by atoms with Gasteiger partial charge in [-0.15, -0.1) is 0 Å². The van der Waals surface area contributed by atoms with Gasteiger partial charge in [-0.1, -0.05) is 18.2 Å². The van der Waals surface area contributed by atoms with Gasteiger partial charge in [0.25, 0.3) is 0 Å². The maximum absolute atomic E-state index is 5.81. The first-order valence-corrected chi connectivity index (χ1v) is 7.68. The molecule has 1 aromatic carbocycles. The molecule has 0 radical (unpaired) electrons. The van der Waals surface area contributed by atoms with Crippen LogP contribution in [0.3, 0.4) is 0 Å². The Hall–Kier alpha value is -1.10. The molecule has 0 spiro atoms. The number of nitrogens with two attached hydrogens (primary N) is 1. The Bertz CT molecular complexity index is 432. The van der Waals surface area contributed by atoms with E-state index in [2.05, 4.69) is 23.6 Å². The minimum absolute atomic E-state index is 0.296. The summed E-state index contributed by atoms with van der Waals surface area (Å²) in [6.07, 6.45) is 6.00. The lowest BCUT2D eigenvalue weighted by Crippen LogP contribution is -2.41. The number of hydrogen-bond donors (Lipinski definition) is 2. The zero-order chi connectivity index (χ0) is 13.8. The Kier molecular flexibility index (Phi) is 4.55. The third-order valence-corrected chi connectivity index (χ3v) is 4.53. The molecule has 0 saturated carbocycles. The lowest BCUT2D eigenvalue weighted by Gasteiger charge is -2.32. The van der Waals surface area contributed by atoms with Crippen molar-refractivity contribution in [3.05, 3.63) is 29.8 Å². The minimum atomic E-state index is 0.296.